The average Bonchev–Trinajstić information content (AvgIpc) is 2.13. The normalized spacial score (nSPS) is 27.8. The van der Waals surface area contributed by atoms with Gasteiger partial charge in [0.15, 0.2) is 0 Å². The van der Waals surface area contributed by atoms with E-state index in [1.165, 1.54) is 0 Å². The maximum absolute atomic E-state index is 12.6. The molecule has 1 aliphatic rings. The Morgan fingerprint density at radius 3 is 2.06 bits per heavy atom. The number of ether oxygens (including phenoxy) is 1. The highest BCUT2D eigenvalue weighted by molar-refractivity contribution is 4.91. The predicted octanol–water partition coefficient (Wildman–Crippen LogP) is 3.76. The van der Waals surface area contributed by atoms with Gasteiger partial charge < -0.3 is 4.74 Å². The molecule has 0 spiro atoms. The largest absolute Gasteiger partial charge is 0.345 e. The van der Waals surface area contributed by atoms with Crippen molar-refractivity contribution in [3.63, 3.8) is 0 Å². The van der Waals surface area contributed by atoms with Crippen molar-refractivity contribution in [1.82, 2.24) is 4.90 Å². The van der Waals surface area contributed by atoms with Gasteiger partial charge in [-0.2, -0.15) is 8.78 Å². The third-order valence-corrected chi connectivity index (χ3v) is 3.90. The molecule has 1 aliphatic heterocycles. The molecular formula is C14H27F2NO. The molecule has 1 fully saturated rings. The van der Waals surface area contributed by atoms with E-state index in [1.807, 2.05) is 0 Å². The van der Waals surface area contributed by atoms with Gasteiger partial charge in [-0.25, -0.2) is 0 Å². The first-order valence-electron chi connectivity index (χ1n) is 6.70. The van der Waals surface area contributed by atoms with Crippen molar-refractivity contribution >= 4 is 0 Å². The Hall–Kier alpha value is -0.220. The van der Waals surface area contributed by atoms with E-state index in [0.29, 0.717) is 6.54 Å². The fraction of sp³-hybridized carbons (Fsp3) is 1.00. The summed E-state index contributed by atoms with van der Waals surface area (Å²) in [7, 11) is 0. The molecule has 0 aromatic heterocycles. The highest BCUT2D eigenvalue weighted by Gasteiger charge is 2.40. The van der Waals surface area contributed by atoms with Gasteiger partial charge in [-0.05, 0) is 45.1 Å². The second-order valence-corrected chi connectivity index (χ2v) is 7.31. The molecule has 0 aromatic rings. The fourth-order valence-corrected chi connectivity index (χ4v) is 2.79. The molecule has 0 radical (unpaired) electrons. The molecule has 0 N–H and O–H groups in total. The second kappa shape index (κ2) is 5.41. The number of piperidine rings is 1. The van der Waals surface area contributed by atoms with Gasteiger partial charge in [-0.3, -0.25) is 4.90 Å². The average molecular weight is 263 g/mol. The summed E-state index contributed by atoms with van der Waals surface area (Å²) in [5.74, 6) is 0.185. The Morgan fingerprint density at radius 2 is 1.67 bits per heavy atom. The lowest BCUT2D eigenvalue weighted by molar-refractivity contribution is -0.204. The summed E-state index contributed by atoms with van der Waals surface area (Å²) in [6, 6.07) is 0. The van der Waals surface area contributed by atoms with E-state index in [1.54, 1.807) is 0 Å². The SMILES string of the molecule is CC(C)(C)C1CCN(C(C)(C)C)CC1OC(F)F. The molecule has 0 saturated carbocycles. The van der Waals surface area contributed by atoms with E-state index < -0.39 is 6.61 Å². The zero-order valence-electron chi connectivity index (χ0n) is 12.5. The molecule has 4 heteroatoms. The fourth-order valence-electron chi connectivity index (χ4n) is 2.79. The van der Waals surface area contributed by atoms with Crippen LogP contribution in [0.4, 0.5) is 8.78 Å². The Morgan fingerprint density at radius 1 is 1.11 bits per heavy atom. The maximum atomic E-state index is 12.6. The van der Waals surface area contributed by atoms with Crippen molar-refractivity contribution in [3.8, 4) is 0 Å². The first-order chi connectivity index (χ1) is 8.01. The summed E-state index contributed by atoms with van der Waals surface area (Å²) in [5.41, 5.74) is 0.0100. The van der Waals surface area contributed by atoms with E-state index in [4.69, 9.17) is 4.74 Å². The van der Waals surface area contributed by atoms with Gasteiger partial charge in [0.25, 0.3) is 0 Å². The van der Waals surface area contributed by atoms with Crippen LogP contribution in [0, 0.1) is 11.3 Å². The molecule has 0 aliphatic carbocycles. The van der Waals surface area contributed by atoms with Crippen molar-refractivity contribution in [2.45, 2.75) is 66.2 Å². The van der Waals surface area contributed by atoms with Gasteiger partial charge in [0.2, 0.25) is 0 Å². The topological polar surface area (TPSA) is 12.5 Å². The van der Waals surface area contributed by atoms with Crippen LogP contribution in [0.5, 0.6) is 0 Å². The molecule has 0 aromatic carbocycles. The Bertz CT molecular complexity index is 268. The monoisotopic (exact) mass is 263 g/mol. The van der Waals surface area contributed by atoms with Crippen LogP contribution in [0.2, 0.25) is 0 Å². The Kier molecular flexibility index (Phi) is 4.76. The Balaban J connectivity index is 2.80. The quantitative estimate of drug-likeness (QED) is 0.752. The van der Waals surface area contributed by atoms with Crippen LogP contribution < -0.4 is 0 Å². The van der Waals surface area contributed by atoms with Crippen molar-refractivity contribution < 1.29 is 13.5 Å². The van der Waals surface area contributed by atoms with Crippen molar-refractivity contribution in [1.29, 1.82) is 0 Å². The van der Waals surface area contributed by atoms with E-state index in [9.17, 15) is 8.78 Å². The molecule has 1 rings (SSSR count). The van der Waals surface area contributed by atoms with Crippen molar-refractivity contribution in [2.75, 3.05) is 13.1 Å². The minimum atomic E-state index is -2.68. The molecule has 2 nitrogen and oxygen atoms in total. The summed E-state index contributed by atoms with van der Waals surface area (Å²) >= 11 is 0. The zero-order chi connectivity index (χ0) is 14.1. The molecule has 0 amide bonds. The van der Waals surface area contributed by atoms with Crippen LogP contribution in [0.25, 0.3) is 0 Å². The third-order valence-electron chi connectivity index (χ3n) is 3.90. The first-order valence-corrected chi connectivity index (χ1v) is 6.70. The Labute approximate surface area is 110 Å². The molecular weight excluding hydrogens is 236 g/mol. The van der Waals surface area contributed by atoms with Gasteiger partial charge in [-0.15, -0.1) is 0 Å². The number of halogens is 2. The lowest BCUT2D eigenvalue weighted by Crippen LogP contribution is -2.55. The minimum absolute atomic E-state index is 0.00350. The zero-order valence-corrected chi connectivity index (χ0v) is 12.5. The number of rotatable bonds is 2. The van der Waals surface area contributed by atoms with Gasteiger partial charge in [0.05, 0.1) is 6.10 Å². The van der Waals surface area contributed by atoms with Gasteiger partial charge in [0, 0.05) is 12.1 Å². The van der Waals surface area contributed by atoms with E-state index in [2.05, 4.69) is 46.4 Å². The molecule has 1 heterocycles. The van der Waals surface area contributed by atoms with Crippen LogP contribution in [0.15, 0.2) is 0 Å². The highest BCUT2D eigenvalue weighted by Crippen LogP contribution is 2.38. The number of hydrogen-bond acceptors (Lipinski definition) is 2. The van der Waals surface area contributed by atoms with Crippen LogP contribution in [-0.4, -0.2) is 36.2 Å². The molecule has 2 atom stereocenters. The molecule has 1 saturated heterocycles. The minimum Gasteiger partial charge on any atom is -0.318 e. The molecule has 2 unspecified atom stereocenters. The second-order valence-electron chi connectivity index (χ2n) is 7.31. The highest BCUT2D eigenvalue weighted by atomic mass is 19.3. The van der Waals surface area contributed by atoms with Gasteiger partial charge in [-0.1, -0.05) is 20.8 Å². The smallest absolute Gasteiger partial charge is 0.318 e. The molecule has 108 valence electrons. The van der Waals surface area contributed by atoms with Crippen LogP contribution >= 0.6 is 0 Å². The van der Waals surface area contributed by atoms with E-state index >= 15 is 0 Å². The van der Waals surface area contributed by atoms with Crippen LogP contribution in [0.3, 0.4) is 0 Å². The van der Waals surface area contributed by atoms with Crippen LogP contribution in [-0.2, 0) is 4.74 Å². The van der Waals surface area contributed by atoms with Crippen molar-refractivity contribution in [2.24, 2.45) is 11.3 Å². The van der Waals surface area contributed by atoms with E-state index in [0.717, 1.165) is 13.0 Å². The molecule has 0 bridgehead atoms. The maximum Gasteiger partial charge on any atom is 0.345 e. The molecule has 18 heavy (non-hydrogen) atoms. The lowest BCUT2D eigenvalue weighted by atomic mass is 9.73. The number of nitrogens with zero attached hydrogens (tertiary/aromatic N) is 1. The summed E-state index contributed by atoms with van der Waals surface area (Å²) < 4.78 is 30.0. The van der Waals surface area contributed by atoms with Gasteiger partial charge in [0.1, 0.15) is 0 Å². The predicted molar refractivity (Wildman–Crippen MR) is 69.8 cm³/mol. The lowest BCUT2D eigenvalue weighted by Gasteiger charge is -2.48. The first kappa shape index (κ1) is 15.8. The number of alkyl halides is 2. The number of hydrogen-bond donors (Lipinski definition) is 0. The number of likely N-dealkylation sites (tertiary alicyclic amines) is 1. The van der Waals surface area contributed by atoms with Gasteiger partial charge >= 0.3 is 6.61 Å². The summed E-state index contributed by atoms with van der Waals surface area (Å²) in [6.45, 7) is 11.5. The van der Waals surface area contributed by atoms with E-state index in [-0.39, 0.29) is 23.0 Å². The summed E-state index contributed by atoms with van der Waals surface area (Å²) in [6.07, 6.45) is 0.538. The van der Waals surface area contributed by atoms with Crippen molar-refractivity contribution in [3.05, 3.63) is 0 Å². The third kappa shape index (κ3) is 4.16. The standard InChI is InChI=1S/C14H27F2NO/c1-13(2,3)10-7-8-17(14(4,5)6)9-11(10)18-12(15)16/h10-12H,7-9H2,1-6H3. The summed E-state index contributed by atoms with van der Waals surface area (Å²) in [5, 5.41) is 0. The van der Waals surface area contributed by atoms with Crippen LogP contribution in [0.1, 0.15) is 48.0 Å². The summed E-state index contributed by atoms with van der Waals surface area (Å²) in [4.78, 5) is 2.24.